The maximum absolute atomic E-state index is 11.7. The minimum atomic E-state index is -0.564. The second kappa shape index (κ2) is 8.71. The Kier molecular flexibility index (Phi) is 6.64. The van der Waals surface area contributed by atoms with E-state index < -0.39 is 11.8 Å². The topological polar surface area (TPSA) is 61.4 Å². The van der Waals surface area contributed by atoms with Crippen LogP contribution in [-0.4, -0.2) is 37.5 Å². The Morgan fingerprint density at radius 1 is 1.25 bits per heavy atom. The highest BCUT2D eigenvalue weighted by atomic mass is 16.2. The molecule has 2 N–H and O–H groups in total. The number of fused-ring (bicyclic) bond motifs is 1. The van der Waals surface area contributed by atoms with Crippen LogP contribution >= 0.6 is 0 Å². The fourth-order valence-corrected chi connectivity index (χ4v) is 3.11. The van der Waals surface area contributed by atoms with Gasteiger partial charge in [-0.2, -0.15) is 0 Å². The summed E-state index contributed by atoms with van der Waals surface area (Å²) < 4.78 is 0. The van der Waals surface area contributed by atoms with E-state index in [1.165, 1.54) is 23.2 Å². The normalized spacial score (nSPS) is 13.6. The van der Waals surface area contributed by atoms with Crippen LogP contribution in [0.5, 0.6) is 0 Å². The lowest BCUT2D eigenvalue weighted by Gasteiger charge is -2.31. The first-order chi connectivity index (χ1) is 11.5. The standard InChI is InChI=1S/C19H29N3O2/c1-4-11-22-12-5-6-16-13-15(7-8-17(16)22)9-10-20-18(23)19(24)21-14(2)3/h7-8,13-14H,4-6,9-12H2,1-3H3,(H,20,23)(H,21,24). The summed E-state index contributed by atoms with van der Waals surface area (Å²) in [4.78, 5) is 25.7. The zero-order valence-electron chi connectivity index (χ0n) is 15.0. The number of nitrogens with one attached hydrogen (secondary N) is 2. The minimum Gasteiger partial charge on any atom is -0.371 e. The van der Waals surface area contributed by atoms with Crippen molar-refractivity contribution in [2.45, 2.75) is 52.5 Å². The third-order valence-electron chi connectivity index (χ3n) is 4.18. The summed E-state index contributed by atoms with van der Waals surface area (Å²) in [6, 6.07) is 6.55. The van der Waals surface area contributed by atoms with Crippen molar-refractivity contribution < 1.29 is 9.59 Å². The Balaban J connectivity index is 1.88. The predicted octanol–water partition coefficient (Wildman–Crippen LogP) is 2.03. The maximum atomic E-state index is 11.7. The first-order valence-electron chi connectivity index (χ1n) is 8.96. The summed E-state index contributed by atoms with van der Waals surface area (Å²) in [5.74, 6) is -1.12. The van der Waals surface area contributed by atoms with Crippen molar-refractivity contribution >= 4 is 17.5 Å². The largest absolute Gasteiger partial charge is 0.371 e. The van der Waals surface area contributed by atoms with Crippen molar-refractivity contribution in [3.8, 4) is 0 Å². The average molecular weight is 331 g/mol. The van der Waals surface area contributed by atoms with Crippen LogP contribution in [0.4, 0.5) is 5.69 Å². The van der Waals surface area contributed by atoms with Gasteiger partial charge in [-0.05, 0) is 56.7 Å². The van der Waals surface area contributed by atoms with Gasteiger partial charge in [-0.3, -0.25) is 9.59 Å². The molecule has 0 aromatic heterocycles. The van der Waals surface area contributed by atoms with E-state index in [9.17, 15) is 9.59 Å². The molecule has 0 spiro atoms. The Morgan fingerprint density at radius 3 is 2.75 bits per heavy atom. The quantitative estimate of drug-likeness (QED) is 0.784. The van der Waals surface area contributed by atoms with Gasteiger partial charge in [0.05, 0.1) is 0 Å². The highest BCUT2D eigenvalue weighted by molar-refractivity contribution is 6.35. The number of hydrogen-bond donors (Lipinski definition) is 2. The van der Waals surface area contributed by atoms with Crippen molar-refractivity contribution in [1.82, 2.24) is 10.6 Å². The van der Waals surface area contributed by atoms with E-state index in [2.05, 4.69) is 40.7 Å². The molecule has 24 heavy (non-hydrogen) atoms. The predicted molar refractivity (Wildman–Crippen MR) is 97.3 cm³/mol. The van der Waals surface area contributed by atoms with Gasteiger partial charge in [-0.1, -0.05) is 19.1 Å². The first kappa shape index (κ1) is 18.3. The van der Waals surface area contributed by atoms with E-state index in [-0.39, 0.29) is 6.04 Å². The number of hydrogen-bond acceptors (Lipinski definition) is 3. The average Bonchev–Trinajstić information content (AvgIpc) is 2.54. The van der Waals surface area contributed by atoms with Crippen molar-refractivity contribution in [2.75, 3.05) is 24.5 Å². The van der Waals surface area contributed by atoms with Crippen LogP contribution in [0.3, 0.4) is 0 Å². The molecule has 5 heteroatoms. The van der Waals surface area contributed by atoms with Gasteiger partial charge in [0.25, 0.3) is 0 Å². The Labute approximate surface area is 144 Å². The molecule has 1 aromatic rings. The highest BCUT2D eigenvalue weighted by Gasteiger charge is 2.17. The zero-order valence-corrected chi connectivity index (χ0v) is 15.0. The van der Waals surface area contributed by atoms with Crippen molar-refractivity contribution in [2.24, 2.45) is 0 Å². The van der Waals surface area contributed by atoms with Gasteiger partial charge in [0.1, 0.15) is 0 Å². The van der Waals surface area contributed by atoms with Crippen LogP contribution in [0.1, 0.15) is 44.7 Å². The smallest absolute Gasteiger partial charge is 0.309 e. The van der Waals surface area contributed by atoms with Gasteiger partial charge in [-0.15, -0.1) is 0 Å². The summed E-state index contributed by atoms with van der Waals surface area (Å²) in [5, 5.41) is 5.28. The number of aryl methyl sites for hydroxylation is 1. The highest BCUT2D eigenvalue weighted by Crippen LogP contribution is 2.28. The molecule has 1 aliphatic rings. The third kappa shape index (κ3) is 4.98. The van der Waals surface area contributed by atoms with Crippen LogP contribution in [0.15, 0.2) is 18.2 Å². The third-order valence-corrected chi connectivity index (χ3v) is 4.18. The number of benzene rings is 1. The lowest BCUT2D eigenvalue weighted by atomic mass is 9.98. The SMILES string of the molecule is CCCN1CCCc2cc(CCNC(=O)C(=O)NC(C)C)ccc21. The second-order valence-electron chi connectivity index (χ2n) is 6.69. The van der Waals surface area contributed by atoms with E-state index in [1.54, 1.807) is 0 Å². The number of carbonyl (C=O) groups excluding carboxylic acids is 2. The van der Waals surface area contributed by atoms with E-state index >= 15 is 0 Å². The molecule has 1 aliphatic heterocycles. The molecule has 2 amide bonds. The van der Waals surface area contributed by atoms with Gasteiger partial charge < -0.3 is 15.5 Å². The number of rotatable bonds is 6. The molecule has 1 heterocycles. The van der Waals surface area contributed by atoms with Gasteiger partial charge in [0.15, 0.2) is 0 Å². The Hall–Kier alpha value is -2.04. The number of nitrogens with zero attached hydrogens (tertiary/aromatic N) is 1. The molecule has 0 radical (unpaired) electrons. The number of amides is 2. The summed E-state index contributed by atoms with van der Waals surface area (Å²) in [5.41, 5.74) is 3.96. The summed E-state index contributed by atoms with van der Waals surface area (Å²) in [6.07, 6.45) is 4.21. The number of anilines is 1. The van der Waals surface area contributed by atoms with Crippen molar-refractivity contribution in [3.63, 3.8) is 0 Å². The lowest BCUT2D eigenvalue weighted by molar-refractivity contribution is -0.139. The molecule has 132 valence electrons. The molecular weight excluding hydrogens is 302 g/mol. The van der Waals surface area contributed by atoms with Crippen LogP contribution in [0.25, 0.3) is 0 Å². The molecule has 0 atom stereocenters. The minimum absolute atomic E-state index is 0.0324. The van der Waals surface area contributed by atoms with E-state index in [0.29, 0.717) is 6.54 Å². The fraction of sp³-hybridized carbons (Fsp3) is 0.579. The monoisotopic (exact) mass is 331 g/mol. The van der Waals surface area contributed by atoms with E-state index in [0.717, 1.165) is 32.4 Å². The van der Waals surface area contributed by atoms with Gasteiger partial charge in [0.2, 0.25) is 0 Å². The summed E-state index contributed by atoms with van der Waals surface area (Å²) in [6.45, 7) is 8.59. The molecule has 0 unspecified atom stereocenters. The first-order valence-corrected chi connectivity index (χ1v) is 8.96. The van der Waals surface area contributed by atoms with Gasteiger partial charge in [-0.25, -0.2) is 0 Å². The summed E-state index contributed by atoms with van der Waals surface area (Å²) in [7, 11) is 0. The molecule has 1 aromatic carbocycles. The van der Waals surface area contributed by atoms with Crippen molar-refractivity contribution in [3.05, 3.63) is 29.3 Å². The second-order valence-corrected chi connectivity index (χ2v) is 6.69. The molecule has 5 nitrogen and oxygen atoms in total. The van der Waals surface area contributed by atoms with Gasteiger partial charge in [0, 0.05) is 31.4 Å². The fourth-order valence-electron chi connectivity index (χ4n) is 3.11. The van der Waals surface area contributed by atoms with Crippen molar-refractivity contribution in [1.29, 1.82) is 0 Å². The molecule has 0 bridgehead atoms. The molecule has 0 aliphatic carbocycles. The molecule has 2 rings (SSSR count). The molecule has 0 saturated heterocycles. The molecular formula is C19H29N3O2. The van der Waals surface area contributed by atoms with E-state index in [4.69, 9.17) is 0 Å². The van der Waals surface area contributed by atoms with Crippen LogP contribution in [0, 0.1) is 0 Å². The van der Waals surface area contributed by atoms with Crippen LogP contribution in [-0.2, 0) is 22.4 Å². The molecule has 0 fully saturated rings. The van der Waals surface area contributed by atoms with Crippen LogP contribution < -0.4 is 15.5 Å². The summed E-state index contributed by atoms with van der Waals surface area (Å²) >= 11 is 0. The Morgan fingerprint density at radius 2 is 2.04 bits per heavy atom. The Bertz CT molecular complexity index is 584. The van der Waals surface area contributed by atoms with E-state index in [1.807, 2.05) is 13.8 Å². The van der Waals surface area contributed by atoms with Crippen LogP contribution in [0.2, 0.25) is 0 Å². The number of carbonyl (C=O) groups is 2. The van der Waals surface area contributed by atoms with Gasteiger partial charge >= 0.3 is 11.8 Å². The lowest BCUT2D eigenvalue weighted by Crippen LogP contribution is -2.43. The maximum Gasteiger partial charge on any atom is 0.309 e. The molecule has 0 saturated carbocycles. The zero-order chi connectivity index (χ0) is 17.5.